The molecule has 10 heteroatoms. The minimum Gasteiger partial charge on any atom is -0.444 e. The van der Waals surface area contributed by atoms with Crippen molar-refractivity contribution < 1.29 is 9.53 Å². The lowest BCUT2D eigenvalue weighted by Gasteiger charge is -2.36. The third-order valence-corrected chi connectivity index (χ3v) is 7.23. The molecule has 0 spiro atoms. The molecule has 0 unspecified atom stereocenters. The Hall–Kier alpha value is -2.88. The summed E-state index contributed by atoms with van der Waals surface area (Å²) in [6.07, 6.45) is 4.46. The molecule has 37 heavy (non-hydrogen) atoms. The zero-order valence-corrected chi connectivity index (χ0v) is 22.6. The summed E-state index contributed by atoms with van der Waals surface area (Å²) in [7, 11) is 0. The SMILES string of the molecule is CC(C)(C)OC(=O)N1CCN(CCN2CC[C@@H](Nc3ncc(Cl)c(-c4c[nH]c5ccccc45)n3)C2)CC1. The molecule has 2 fully saturated rings. The fraction of sp³-hybridized carbons (Fsp3) is 0.519. The third kappa shape index (κ3) is 6.34. The number of piperazine rings is 1. The van der Waals surface area contributed by atoms with E-state index < -0.39 is 5.60 Å². The molecule has 1 aromatic carbocycles. The van der Waals surface area contributed by atoms with E-state index in [4.69, 9.17) is 21.3 Å². The zero-order chi connectivity index (χ0) is 26.0. The number of ether oxygens (including phenoxy) is 1. The highest BCUT2D eigenvalue weighted by Gasteiger charge is 2.27. The van der Waals surface area contributed by atoms with Gasteiger partial charge in [0.25, 0.3) is 0 Å². The van der Waals surface area contributed by atoms with Gasteiger partial charge in [-0.3, -0.25) is 9.80 Å². The van der Waals surface area contributed by atoms with Gasteiger partial charge in [0.1, 0.15) is 5.60 Å². The molecule has 9 nitrogen and oxygen atoms in total. The molecular weight excluding hydrogens is 490 g/mol. The van der Waals surface area contributed by atoms with E-state index >= 15 is 0 Å². The molecule has 1 amide bonds. The lowest BCUT2D eigenvalue weighted by atomic mass is 10.1. The topological polar surface area (TPSA) is 89.6 Å². The molecule has 0 aliphatic carbocycles. The fourth-order valence-electron chi connectivity index (χ4n) is 4.99. The maximum absolute atomic E-state index is 12.3. The third-order valence-electron chi connectivity index (χ3n) is 6.95. The summed E-state index contributed by atoms with van der Waals surface area (Å²) < 4.78 is 5.50. The first-order chi connectivity index (χ1) is 17.7. The summed E-state index contributed by atoms with van der Waals surface area (Å²) in [4.78, 5) is 31.5. The van der Waals surface area contributed by atoms with E-state index in [1.54, 1.807) is 6.20 Å². The molecule has 5 rings (SSSR count). The van der Waals surface area contributed by atoms with Crippen LogP contribution in [-0.2, 0) is 4.74 Å². The summed E-state index contributed by atoms with van der Waals surface area (Å²) >= 11 is 6.49. The minimum absolute atomic E-state index is 0.210. The Labute approximate surface area is 223 Å². The maximum atomic E-state index is 12.3. The van der Waals surface area contributed by atoms with Crippen LogP contribution in [-0.4, -0.2) is 99.7 Å². The number of fused-ring (bicyclic) bond motifs is 1. The first-order valence-electron chi connectivity index (χ1n) is 13.0. The van der Waals surface area contributed by atoms with E-state index in [1.165, 1.54) is 0 Å². The molecule has 0 radical (unpaired) electrons. The Morgan fingerprint density at radius 2 is 1.89 bits per heavy atom. The Morgan fingerprint density at radius 1 is 1.14 bits per heavy atom. The van der Waals surface area contributed by atoms with Crippen molar-refractivity contribution in [1.29, 1.82) is 0 Å². The molecule has 1 atom stereocenters. The van der Waals surface area contributed by atoms with E-state index in [9.17, 15) is 4.79 Å². The van der Waals surface area contributed by atoms with Crippen LogP contribution in [0.5, 0.6) is 0 Å². The fourth-order valence-corrected chi connectivity index (χ4v) is 5.19. The Bertz CT molecular complexity index is 1230. The van der Waals surface area contributed by atoms with Crippen molar-refractivity contribution in [3.63, 3.8) is 0 Å². The number of amides is 1. The molecule has 2 aliphatic rings. The second kappa shape index (κ2) is 10.8. The molecular formula is C27H36ClN7O2. The van der Waals surface area contributed by atoms with Crippen molar-refractivity contribution in [2.75, 3.05) is 57.7 Å². The van der Waals surface area contributed by atoms with Gasteiger partial charge in [-0.25, -0.2) is 14.8 Å². The molecule has 0 bridgehead atoms. The largest absolute Gasteiger partial charge is 0.444 e. The Kier molecular flexibility index (Phi) is 7.55. The van der Waals surface area contributed by atoms with Crippen molar-refractivity contribution in [1.82, 2.24) is 29.7 Å². The van der Waals surface area contributed by atoms with Crippen LogP contribution < -0.4 is 5.32 Å². The van der Waals surface area contributed by atoms with Gasteiger partial charge in [-0.05, 0) is 33.3 Å². The molecule has 2 aliphatic heterocycles. The highest BCUT2D eigenvalue weighted by atomic mass is 35.5. The predicted molar refractivity (Wildman–Crippen MR) is 147 cm³/mol. The molecule has 4 heterocycles. The molecule has 3 aromatic rings. The number of carbonyl (C=O) groups is 1. The summed E-state index contributed by atoms with van der Waals surface area (Å²) in [5.74, 6) is 0.606. The number of para-hydroxylation sites is 1. The number of hydrogen-bond donors (Lipinski definition) is 2. The number of halogens is 1. The number of rotatable bonds is 6. The van der Waals surface area contributed by atoms with E-state index in [1.807, 2.05) is 50.1 Å². The average molecular weight is 526 g/mol. The zero-order valence-electron chi connectivity index (χ0n) is 21.8. The van der Waals surface area contributed by atoms with Crippen LogP contribution in [0.15, 0.2) is 36.7 Å². The Morgan fingerprint density at radius 3 is 2.68 bits per heavy atom. The van der Waals surface area contributed by atoms with Crippen LogP contribution in [0.1, 0.15) is 27.2 Å². The monoisotopic (exact) mass is 525 g/mol. The summed E-state index contributed by atoms with van der Waals surface area (Å²) in [6.45, 7) is 12.9. The van der Waals surface area contributed by atoms with Crippen LogP contribution in [0.4, 0.5) is 10.7 Å². The van der Waals surface area contributed by atoms with Gasteiger partial charge in [0.2, 0.25) is 5.95 Å². The van der Waals surface area contributed by atoms with Gasteiger partial charge in [-0.1, -0.05) is 29.8 Å². The highest BCUT2D eigenvalue weighted by molar-refractivity contribution is 6.33. The van der Waals surface area contributed by atoms with Crippen LogP contribution in [0.25, 0.3) is 22.2 Å². The number of anilines is 1. The summed E-state index contributed by atoms with van der Waals surface area (Å²) in [5, 5.41) is 5.15. The molecule has 198 valence electrons. The number of carbonyl (C=O) groups excluding carboxylic acids is 1. The second-order valence-electron chi connectivity index (χ2n) is 10.9. The lowest BCUT2D eigenvalue weighted by molar-refractivity contribution is 0.0140. The minimum atomic E-state index is -0.455. The van der Waals surface area contributed by atoms with Gasteiger partial charge in [0, 0.05) is 81.1 Å². The van der Waals surface area contributed by atoms with Crippen LogP contribution >= 0.6 is 11.6 Å². The van der Waals surface area contributed by atoms with Crippen molar-refractivity contribution >= 4 is 34.5 Å². The number of benzene rings is 1. The van der Waals surface area contributed by atoms with Crippen molar-refractivity contribution in [2.45, 2.75) is 38.8 Å². The molecule has 2 saturated heterocycles. The highest BCUT2D eigenvalue weighted by Crippen LogP contribution is 2.32. The first-order valence-corrected chi connectivity index (χ1v) is 13.4. The van der Waals surface area contributed by atoms with Gasteiger partial charge < -0.3 is 19.9 Å². The van der Waals surface area contributed by atoms with Gasteiger partial charge in [0.05, 0.1) is 16.9 Å². The van der Waals surface area contributed by atoms with Gasteiger partial charge in [0.15, 0.2) is 0 Å². The molecule has 2 aromatic heterocycles. The quantitative estimate of drug-likeness (QED) is 0.495. The van der Waals surface area contributed by atoms with E-state index in [0.717, 1.165) is 67.8 Å². The smallest absolute Gasteiger partial charge is 0.410 e. The van der Waals surface area contributed by atoms with Crippen molar-refractivity contribution in [3.8, 4) is 11.3 Å². The van der Waals surface area contributed by atoms with Gasteiger partial charge >= 0.3 is 6.09 Å². The standard InChI is InChI=1S/C27H36ClN7O2/c1-27(2,3)37-26(36)35-14-12-33(13-15-35)10-11-34-9-8-19(18-34)31-25-30-17-22(28)24(32-25)21-16-29-23-7-5-4-6-20(21)23/h4-7,16-17,19,29H,8-15,18H2,1-3H3,(H,30,31,32)/t19-/m1/s1. The van der Waals surface area contributed by atoms with Crippen molar-refractivity contribution in [2.24, 2.45) is 0 Å². The van der Waals surface area contributed by atoms with Gasteiger partial charge in [-0.15, -0.1) is 0 Å². The predicted octanol–water partition coefficient (Wildman–Crippen LogP) is 4.32. The van der Waals surface area contributed by atoms with E-state index in [0.29, 0.717) is 30.1 Å². The number of aromatic amines is 1. The number of nitrogens with zero attached hydrogens (tertiary/aromatic N) is 5. The number of hydrogen-bond acceptors (Lipinski definition) is 7. The number of aromatic nitrogens is 3. The normalized spacial score (nSPS) is 19.5. The maximum Gasteiger partial charge on any atom is 0.410 e. The second-order valence-corrected chi connectivity index (χ2v) is 11.3. The molecule has 2 N–H and O–H groups in total. The van der Waals surface area contributed by atoms with Gasteiger partial charge in [-0.2, -0.15) is 0 Å². The summed E-state index contributed by atoms with van der Waals surface area (Å²) in [6, 6.07) is 8.43. The Balaban J connectivity index is 1.10. The van der Waals surface area contributed by atoms with Crippen molar-refractivity contribution in [3.05, 3.63) is 41.7 Å². The van der Waals surface area contributed by atoms with Crippen LogP contribution in [0.3, 0.4) is 0 Å². The van der Waals surface area contributed by atoms with Crippen LogP contribution in [0, 0.1) is 0 Å². The van der Waals surface area contributed by atoms with Crippen LogP contribution in [0.2, 0.25) is 5.02 Å². The van der Waals surface area contributed by atoms with E-state index in [2.05, 4.69) is 31.2 Å². The lowest BCUT2D eigenvalue weighted by Crippen LogP contribution is -2.51. The van der Waals surface area contributed by atoms with E-state index in [-0.39, 0.29) is 6.09 Å². The first kappa shape index (κ1) is 25.8. The average Bonchev–Trinajstić information content (AvgIpc) is 3.50. The number of likely N-dealkylation sites (tertiary alicyclic amines) is 1. The molecule has 0 saturated carbocycles. The number of nitrogens with one attached hydrogen (secondary N) is 2. The summed E-state index contributed by atoms with van der Waals surface area (Å²) in [5.41, 5.74) is 2.31. The number of H-pyrrole nitrogens is 1.